The zero-order chi connectivity index (χ0) is 22.9. The molecule has 0 fully saturated rings. The number of aliphatic imine (C=N–C) groups is 1. The molecule has 31 heavy (non-hydrogen) atoms. The molecule has 0 aliphatic heterocycles. The van der Waals surface area contributed by atoms with Crippen LogP contribution in [0.2, 0.25) is 0 Å². The molecule has 3 N–H and O–H groups in total. The van der Waals surface area contributed by atoms with Crippen LogP contribution >= 0.6 is 0 Å². The molecule has 0 bridgehead atoms. The number of nitrogen functional groups attached to an aromatic ring is 1. The van der Waals surface area contributed by atoms with E-state index in [1.54, 1.807) is 0 Å². The number of pyridine rings is 2. The summed E-state index contributed by atoms with van der Waals surface area (Å²) in [6.45, 7) is -1.38. The number of ketones is 1. The van der Waals surface area contributed by atoms with Crippen LogP contribution in [0.15, 0.2) is 35.6 Å². The standard InChI is InChI=1S/C20H22F4N4O3/c21-19(22)20(23,24)12-31-14-5-4-13(28-10-14)9-26-11-15-16(25)6-7-27-18(15)17(30)3-1-2-8-29/h4-7,10-11,19,29H,1-3,8-9,12H2,(H2,25,27). The normalized spacial score (nSPS) is 11.9. The van der Waals surface area contributed by atoms with E-state index in [0.29, 0.717) is 29.8 Å². The number of anilines is 1. The summed E-state index contributed by atoms with van der Waals surface area (Å²) in [6.07, 6.45) is 1.36. The Morgan fingerprint density at radius 3 is 2.68 bits per heavy atom. The summed E-state index contributed by atoms with van der Waals surface area (Å²) in [6, 6.07) is 4.29. The van der Waals surface area contributed by atoms with Crippen molar-refractivity contribution in [2.45, 2.75) is 38.2 Å². The number of carbonyl (C=O) groups is 1. The number of nitrogens with zero attached hydrogens (tertiary/aromatic N) is 3. The second-order valence-electron chi connectivity index (χ2n) is 6.57. The summed E-state index contributed by atoms with van der Waals surface area (Å²) in [5.41, 5.74) is 7.25. The first kappa shape index (κ1) is 24.2. The van der Waals surface area contributed by atoms with Crippen molar-refractivity contribution in [3.63, 3.8) is 0 Å². The van der Waals surface area contributed by atoms with Crippen LogP contribution in [0.4, 0.5) is 23.2 Å². The van der Waals surface area contributed by atoms with E-state index in [2.05, 4.69) is 19.7 Å². The van der Waals surface area contributed by atoms with E-state index in [9.17, 15) is 22.4 Å². The van der Waals surface area contributed by atoms with Crippen LogP contribution in [0.5, 0.6) is 5.75 Å². The third-order valence-electron chi connectivity index (χ3n) is 4.12. The molecule has 0 saturated heterocycles. The Kier molecular flexibility index (Phi) is 8.86. The number of carbonyl (C=O) groups excluding carboxylic acids is 1. The number of ether oxygens (including phenoxy) is 1. The Balaban J connectivity index is 2.00. The molecule has 0 atom stereocenters. The number of halogens is 4. The van der Waals surface area contributed by atoms with Gasteiger partial charge in [0.25, 0.3) is 0 Å². The summed E-state index contributed by atoms with van der Waals surface area (Å²) in [4.78, 5) is 24.6. The fourth-order valence-electron chi connectivity index (χ4n) is 2.42. The van der Waals surface area contributed by atoms with E-state index in [1.807, 2.05) is 0 Å². The van der Waals surface area contributed by atoms with Gasteiger partial charge < -0.3 is 15.6 Å². The molecule has 0 aromatic carbocycles. The third kappa shape index (κ3) is 7.28. The monoisotopic (exact) mass is 442 g/mol. The van der Waals surface area contributed by atoms with Crippen LogP contribution in [-0.2, 0) is 6.54 Å². The number of rotatable bonds is 12. The van der Waals surface area contributed by atoms with Gasteiger partial charge in [0.15, 0.2) is 12.4 Å². The molecule has 2 aromatic rings. The van der Waals surface area contributed by atoms with E-state index in [0.717, 1.165) is 6.20 Å². The van der Waals surface area contributed by atoms with Crippen molar-refractivity contribution in [1.29, 1.82) is 0 Å². The Morgan fingerprint density at radius 2 is 2.03 bits per heavy atom. The minimum atomic E-state index is -4.25. The summed E-state index contributed by atoms with van der Waals surface area (Å²) in [5, 5.41) is 8.83. The fourth-order valence-corrected chi connectivity index (χ4v) is 2.42. The Labute approximate surface area is 176 Å². The summed E-state index contributed by atoms with van der Waals surface area (Å²) < 4.78 is 54.7. The maximum atomic E-state index is 12.9. The smallest absolute Gasteiger partial charge is 0.340 e. The minimum absolute atomic E-state index is 0.00255. The van der Waals surface area contributed by atoms with E-state index in [-0.39, 0.29) is 36.8 Å². The molecule has 0 aliphatic rings. The number of unbranched alkanes of at least 4 members (excludes halogenated alkanes) is 1. The first-order valence-electron chi connectivity index (χ1n) is 9.36. The third-order valence-corrected chi connectivity index (χ3v) is 4.12. The van der Waals surface area contributed by atoms with Crippen molar-refractivity contribution in [2.24, 2.45) is 4.99 Å². The van der Waals surface area contributed by atoms with Gasteiger partial charge in [0.1, 0.15) is 11.4 Å². The Morgan fingerprint density at radius 1 is 1.26 bits per heavy atom. The van der Waals surface area contributed by atoms with E-state index in [4.69, 9.17) is 10.8 Å². The molecule has 7 nitrogen and oxygen atoms in total. The Hall–Kier alpha value is -3.08. The molecule has 0 radical (unpaired) electrons. The van der Waals surface area contributed by atoms with Crippen LogP contribution in [0.1, 0.15) is 41.0 Å². The zero-order valence-electron chi connectivity index (χ0n) is 16.5. The van der Waals surface area contributed by atoms with Gasteiger partial charge in [0.05, 0.1) is 18.4 Å². The van der Waals surface area contributed by atoms with Gasteiger partial charge >= 0.3 is 12.3 Å². The maximum Gasteiger partial charge on any atom is 0.340 e. The van der Waals surface area contributed by atoms with Gasteiger partial charge in [0, 0.05) is 36.7 Å². The van der Waals surface area contributed by atoms with Crippen molar-refractivity contribution in [3.05, 3.63) is 47.5 Å². The number of alkyl halides is 4. The molecule has 0 spiro atoms. The van der Waals surface area contributed by atoms with E-state index < -0.39 is 19.0 Å². The molecule has 2 aromatic heterocycles. The zero-order valence-corrected chi connectivity index (χ0v) is 16.5. The van der Waals surface area contributed by atoms with Crippen LogP contribution in [0, 0.1) is 0 Å². The average Bonchev–Trinajstić information content (AvgIpc) is 2.74. The number of hydrogen-bond donors (Lipinski definition) is 2. The molecule has 2 heterocycles. The van der Waals surface area contributed by atoms with Crippen molar-refractivity contribution in [2.75, 3.05) is 18.9 Å². The molecule has 2 rings (SSSR count). The highest BCUT2D eigenvalue weighted by atomic mass is 19.3. The second kappa shape index (κ2) is 11.3. The quantitative estimate of drug-likeness (QED) is 0.226. The van der Waals surface area contributed by atoms with Crippen molar-refractivity contribution >= 4 is 17.7 Å². The van der Waals surface area contributed by atoms with Gasteiger partial charge in [-0.15, -0.1) is 0 Å². The second-order valence-corrected chi connectivity index (χ2v) is 6.57. The number of nitrogens with two attached hydrogens (primary N) is 1. The number of aliphatic hydroxyl groups is 1. The highest BCUT2D eigenvalue weighted by Crippen LogP contribution is 2.24. The van der Waals surface area contributed by atoms with E-state index >= 15 is 0 Å². The summed E-state index contributed by atoms with van der Waals surface area (Å²) in [5.74, 6) is -4.55. The van der Waals surface area contributed by atoms with E-state index in [1.165, 1.54) is 30.6 Å². The largest absolute Gasteiger partial charge is 0.485 e. The Bertz CT molecular complexity index is 892. The van der Waals surface area contributed by atoms with Gasteiger partial charge in [-0.2, -0.15) is 8.78 Å². The lowest BCUT2D eigenvalue weighted by molar-refractivity contribution is -0.148. The van der Waals surface area contributed by atoms with Crippen LogP contribution in [0.3, 0.4) is 0 Å². The summed E-state index contributed by atoms with van der Waals surface area (Å²) in [7, 11) is 0. The predicted octanol–water partition coefficient (Wildman–Crippen LogP) is 3.30. The predicted molar refractivity (Wildman–Crippen MR) is 106 cm³/mol. The average molecular weight is 442 g/mol. The highest BCUT2D eigenvalue weighted by Gasteiger charge is 2.41. The number of Topliss-reactive ketones (excluding diaryl/α,β-unsaturated/α-hetero) is 1. The first-order chi connectivity index (χ1) is 14.7. The van der Waals surface area contributed by atoms with Gasteiger partial charge in [-0.3, -0.25) is 19.8 Å². The molecule has 0 aliphatic carbocycles. The summed E-state index contributed by atoms with van der Waals surface area (Å²) >= 11 is 0. The van der Waals surface area contributed by atoms with Crippen LogP contribution in [0.25, 0.3) is 0 Å². The fraction of sp³-hybridized carbons (Fsp3) is 0.400. The minimum Gasteiger partial charge on any atom is -0.485 e. The van der Waals surface area contributed by atoms with Crippen molar-refractivity contribution in [1.82, 2.24) is 9.97 Å². The number of aromatic nitrogens is 2. The van der Waals surface area contributed by atoms with Crippen molar-refractivity contribution < 1.29 is 32.2 Å². The molecular weight excluding hydrogens is 420 g/mol. The van der Waals surface area contributed by atoms with Gasteiger partial charge in [-0.25, -0.2) is 8.78 Å². The molecule has 0 saturated carbocycles. The SMILES string of the molecule is Nc1ccnc(C(=O)CCCCO)c1C=NCc1ccc(OCC(F)(F)C(F)F)cn1. The molecule has 11 heteroatoms. The van der Waals surface area contributed by atoms with Crippen molar-refractivity contribution in [3.8, 4) is 5.75 Å². The lowest BCUT2D eigenvalue weighted by atomic mass is 10.0. The lowest BCUT2D eigenvalue weighted by Crippen LogP contribution is -2.33. The van der Waals surface area contributed by atoms with Crippen LogP contribution < -0.4 is 10.5 Å². The number of hydrogen-bond acceptors (Lipinski definition) is 7. The van der Waals surface area contributed by atoms with Gasteiger partial charge in [-0.1, -0.05) is 0 Å². The van der Waals surface area contributed by atoms with Gasteiger partial charge in [-0.05, 0) is 31.0 Å². The first-order valence-corrected chi connectivity index (χ1v) is 9.36. The molecule has 0 amide bonds. The van der Waals surface area contributed by atoms with Crippen LogP contribution in [-0.4, -0.2) is 52.6 Å². The topological polar surface area (TPSA) is 111 Å². The molecule has 168 valence electrons. The lowest BCUT2D eigenvalue weighted by Gasteiger charge is -2.15. The molecule has 0 unspecified atom stereocenters. The van der Waals surface area contributed by atoms with Gasteiger partial charge in [0.2, 0.25) is 0 Å². The highest BCUT2D eigenvalue weighted by molar-refractivity contribution is 6.04. The number of aliphatic hydroxyl groups excluding tert-OH is 1. The maximum absolute atomic E-state index is 12.9. The molecular formula is C20H22F4N4O3.